The van der Waals surface area contributed by atoms with Gasteiger partial charge in [0.15, 0.2) is 11.6 Å². The first kappa shape index (κ1) is 20.7. The van der Waals surface area contributed by atoms with Crippen molar-refractivity contribution in [2.24, 2.45) is 5.92 Å². The number of aryl methyl sites for hydroxylation is 1. The van der Waals surface area contributed by atoms with Crippen molar-refractivity contribution in [3.8, 4) is 17.3 Å². The first-order valence-electron chi connectivity index (χ1n) is 10.5. The summed E-state index contributed by atoms with van der Waals surface area (Å²) in [5.74, 6) is 2.50. The molecule has 3 heterocycles. The number of aromatic nitrogens is 3. The standard InChI is InChI=1S/C22H28N4O4/c1-26(13-16(28)11-15-6-9-29-14-15)22-18-3-2-4-19(18)24-21(25-22)20-12-17(5-7-23-20)30-10-8-27/h5,7,12,15,27H,2-4,6,8-11,13-14H2,1H3. The van der Waals surface area contributed by atoms with E-state index in [1.54, 1.807) is 18.3 Å². The van der Waals surface area contributed by atoms with Gasteiger partial charge in [-0.25, -0.2) is 9.97 Å². The summed E-state index contributed by atoms with van der Waals surface area (Å²) in [6.45, 7) is 1.93. The molecule has 2 aromatic rings. The van der Waals surface area contributed by atoms with Crippen LogP contribution in [0.15, 0.2) is 18.3 Å². The first-order chi connectivity index (χ1) is 14.6. The highest BCUT2D eigenvalue weighted by atomic mass is 16.5. The summed E-state index contributed by atoms with van der Waals surface area (Å²) < 4.78 is 10.9. The minimum Gasteiger partial charge on any atom is -0.491 e. The molecule has 160 valence electrons. The van der Waals surface area contributed by atoms with Crippen LogP contribution in [0.2, 0.25) is 0 Å². The van der Waals surface area contributed by atoms with Crippen molar-refractivity contribution in [3.05, 3.63) is 29.6 Å². The molecule has 2 aliphatic rings. The van der Waals surface area contributed by atoms with E-state index in [9.17, 15) is 4.79 Å². The van der Waals surface area contributed by atoms with Crippen LogP contribution in [0.4, 0.5) is 5.82 Å². The zero-order valence-corrected chi connectivity index (χ0v) is 17.3. The lowest BCUT2D eigenvalue weighted by atomic mass is 10.0. The van der Waals surface area contributed by atoms with Gasteiger partial charge in [-0.3, -0.25) is 9.78 Å². The van der Waals surface area contributed by atoms with E-state index in [2.05, 4.69) is 4.98 Å². The fourth-order valence-corrected chi connectivity index (χ4v) is 4.10. The van der Waals surface area contributed by atoms with E-state index in [1.807, 2.05) is 11.9 Å². The maximum atomic E-state index is 12.6. The summed E-state index contributed by atoms with van der Waals surface area (Å²) in [5.41, 5.74) is 2.78. The van der Waals surface area contributed by atoms with Gasteiger partial charge >= 0.3 is 0 Å². The third-order valence-corrected chi connectivity index (χ3v) is 5.55. The molecule has 0 amide bonds. The van der Waals surface area contributed by atoms with Gasteiger partial charge in [0.05, 0.1) is 13.2 Å². The largest absolute Gasteiger partial charge is 0.491 e. The number of aliphatic hydroxyl groups excluding tert-OH is 1. The van der Waals surface area contributed by atoms with Crippen molar-refractivity contribution in [1.82, 2.24) is 15.0 Å². The Kier molecular flexibility index (Phi) is 6.54. The van der Waals surface area contributed by atoms with Crippen LogP contribution >= 0.6 is 0 Å². The second kappa shape index (κ2) is 9.49. The Balaban J connectivity index is 1.56. The molecular weight excluding hydrogens is 384 g/mol. The molecule has 0 spiro atoms. The number of carbonyl (C=O) groups is 1. The molecular formula is C22H28N4O4. The molecule has 0 aromatic carbocycles. The molecule has 30 heavy (non-hydrogen) atoms. The topological polar surface area (TPSA) is 97.7 Å². The summed E-state index contributed by atoms with van der Waals surface area (Å²) in [6, 6.07) is 3.52. The summed E-state index contributed by atoms with van der Waals surface area (Å²) in [4.78, 5) is 28.5. The Morgan fingerprint density at radius 1 is 1.37 bits per heavy atom. The second-order valence-electron chi connectivity index (χ2n) is 7.93. The van der Waals surface area contributed by atoms with Gasteiger partial charge in [-0.2, -0.15) is 0 Å². The maximum absolute atomic E-state index is 12.6. The Bertz CT molecular complexity index is 899. The van der Waals surface area contributed by atoms with Crippen LogP contribution in [-0.4, -0.2) is 65.9 Å². The Labute approximate surface area is 176 Å². The molecule has 0 radical (unpaired) electrons. The lowest BCUT2D eigenvalue weighted by Crippen LogP contribution is -2.29. The molecule has 1 aliphatic heterocycles. The number of carbonyl (C=O) groups excluding carboxylic acids is 1. The van der Waals surface area contributed by atoms with E-state index in [0.29, 0.717) is 42.8 Å². The molecule has 1 unspecified atom stereocenters. The SMILES string of the molecule is CN(CC(=O)CC1CCOC1)c1nc(-c2cc(OCCO)ccn2)nc2c1CCC2. The summed E-state index contributed by atoms with van der Waals surface area (Å²) in [7, 11) is 1.92. The Morgan fingerprint density at radius 2 is 2.27 bits per heavy atom. The first-order valence-corrected chi connectivity index (χ1v) is 10.5. The number of rotatable bonds is 9. The molecule has 4 rings (SSSR count). The van der Waals surface area contributed by atoms with Crippen LogP contribution in [0.5, 0.6) is 5.75 Å². The van der Waals surface area contributed by atoms with Crippen LogP contribution in [0.25, 0.3) is 11.5 Å². The zero-order chi connectivity index (χ0) is 20.9. The number of likely N-dealkylation sites (N-methyl/N-ethyl adjacent to an activating group) is 1. The second-order valence-corrected chi connectivity index (χ2v) is 7.93. The van der Waals surface area contributed by atoms with E-state index in [1.165, 1.54) is 0 Å². The smallest absolute Gasteiger partial charge is 0.180 e. The van der Waals surface area contributed by atoms with Crippen molar-refractivity contribution >= 4 is 11.6 Å². The van der Waals surface area contributed by atoms with Gasteiger partial charge < -0.3 is 19.5 Å². The third-order valence-electron chi connectivity index (χ3n) is 5.55. The van der Waals surface area contributed by atoms with E-state index < -0.39 is 0 Å². The normalized spacial score (nSPS) is 17.7. The molecule has 8 nitrogen and oxygen atoms in total. The summed E-state index contributed by atoms with van der Waals surface area (Å²) in [6.07, 6.45) is 6.02. The molecule has 8 heteroatoms. The number of hydrogen-bond donors (Lipinski definition) is 1. The van der Waals surface area contributed by atoms with Crippen LogP contribution in [-0.2, 0) is 22.4 Å². The van der Waals surface area contributed by atoms with Crippen molar-refractivity contribution in [3.63, 3.8) is 0 Å². The Hall–Kier alpha value is -2.58. The number of anilines is 1. The molecule has 1 N–H and O–H groups in total. The van der Waals surface area contributed by atoms with Crippen molar-refractivity contribution < 1.29 is 19.4 Å². The highest BCUT2D eigenvalue weighted by Crippen LogP contribution is 2.31. The number of ether oxygens (including phenoxy) is 2. The molecule has 0 bridgehead atoms. The monoisotopic (exact) mass is 412 g/mol. The van der Waals surface area contributed by atoms with Crippen LogP contribution in [0.1, 0.15) is 30.5 Å². The van der Waals surface area contributed by atoms with Gasteiger partial charge in [0, 0.05) is 50.2 Å². The van der Waals surface area contributed by atoms with Gasteiger partial charge in [0.1, 0.15) is 23.9 Å². The number of fused-ring (bicyclic) bond motifs is 1. The van der Waals surface area contributed by atoms with Crippen LogP contribution < -0.4 is 9.64 Å². The average molecular weight is 412 g/mol. The molecule has 1 atom stereocenters. The molecule has 1 aliphatic carbocycles. The summed E-state index contributed by atoms with van der Waals surface area (Å²) >= 11 is 0. The fraction of sp³-hybridized carbons (Fsp3) is 0.545. The average Bonchev–Trinajstić information content (AvgIpc) is 3.43. The molecule has 1 fully saturated rings. The number of Topliss-reactive ketones (excluding diaryl/α,β-unsaturated/α-hetero) is 1. The lowest BCUT2D eigenvalue weighted by molar-refractivity contribution is -0.118. The van der Waals surface area contributed by atoms with Crippen LogP contribution in [0, 0.1) is 5.92 Å². The molecule has 2 aromatic heterocycles. The minimum atomic E-state index is -0.0526. The van der Waals surface area contributed by atoms with E-state index in [4.69, 9.17) is 24.5 Å². The van der Waals surface area contributed by atoms with Gasteiger partial charge in [0.2, 0.25) is 0 Å². The Morgan fingerprint density at radius 3 is 3.07 bits per heavy atom. The maximum Gasteiger partial charge on any atom is 0.180 e. The number of ketones is 1. The quantitative estimate of drug-likeness (QED) is 0.666. The van der Waals surface area contributed by atoms with E-state index >= 15 is 0 Å². The molecule has 0 saturated carbocycles. The number of aliphatic hydroxyl groups is 1. The minimum absolute atomic E-state index is 0.0526. The van der Waals surface area contributed by atoms with Crippen molar-refractivity contribution in [2.75, 3.05) is 44.9 Å². The summed E-state index contributed by atoms with van der Waals surface area (Å²) in [5, 5.41) is 8.97. The van der Waals surface area contributed by atoms with Crippen molar-refractivity contribution in [2.45, 2.75) is 32.1 Å². The predicted molar refractivity (Wildman–Crippen MR) is 112 cm³/mol. The zero-order valence-electron chi connectivity index (χ0n) is 17.3. The van der Waals surface area contributed by atoms with E-state index in [-0.39, 0.29) is 19.0 Å². The van der Waals surface area contributed by atoms with Gasteiger partial charge in [0.25, 0.3) is 0 Å². The number of pyridine rings is 1. The molecule has 1 saturated heterocycles. The number of hydrogen-bond acceptors (Lipinski definition) is 8. The van der Waals surface area contributed by atoms with E-state index in [0.717, 1.165) is 49.4 Å². The lowest BCUT2D eigenvalue weighted by Gasteiger charge is -2.21. The van der Waals surface area contributed by atoms with Gasteiger partial charge in [-0.1, -0.05) is 0 Å². The van der Waals surface area contributed by atoms with Gasteiger partial charge in [-0.05, 0) is 37.7 Å². The van der Waals surface area contributed by atoms with Crippen molar-refractivity contribution in [1.29, 1.82) is 0 Å². The highest BCUT2D eigenvalue weighted by molar-refractivity contribution is 5.83. The number of nitrogens with zero attached hydrogens (tertiary/aromatic N) is 4. The fourth-order valence-electron chi connectivity index (χ4n) is 4.10. The van der Waals surface area contributed by atoms with Crippen LogP contribution in [0.3, 0.4) is 0 Å². The van der Waals surface area contributed by atoms with Gasteiger partial charge in [-0.15, -0.1) is 0 Å². The highest BCUT2D eigenvalue weighted by Gasteiger charge is 2.25. The third kappa shape index (κ3) is 4.76. The predicted octanol–water partition coefficient (Wildman–Crippen LogP) is 1.83.